The van der Waals surface area contributed by atoms with Crippen LogP contribution in [0.25, 0.3) is 0 Å². The molecule has 0 bridgehead atoms. The number of aryl methyl sites for hydroxylation is 1. The van der Waals surface area contributed by atoms with Gasteiger partial charge in [-0.15, -0.1) is 0 Å². The molecule has 0 spiro atoms. The molecule has 1 aromatic heterocycles. The lowest BCUT2D eigenvalue weighted by molar-refractivity contribution is 0.603. The second kappa shape index (κ2) is 5.57. The number of hydrogen-bond acceptors (Lipinski definition) is 3. The van der Waals surface area contributed by atoms with E-state index in [2.05, 4.69) is 36.9 Å². The second-order valence-electron chi connectivity index (χ2n) is 4.86. The van der Waals surface area contributed by atoms with Gasteiger partial charge in [0.15, 0.2) is 5.69 Å². The van der Waals surface area contributed by atoms with E-state index in [1.54, 1.807) is 0 Å². The van der Waals surface area contributed by atoms with Gasteiger partial charge in [-0.2, -0.15) is 21.3 Å². The van der Waals surface area contributed by atoms with Crippen LogP contribution in [0.4, 0.5) is 0 Å². The Kier molecular flexibility index (Phi) is 4.07. The Bertz CT molecular complexity index is 496. The van der Waals surface area contributed by atoms with E-state index >= 15 is 0 Å². The van der Waals surface area contributed by atoms with Crippen molar-refractivity contribution in [3.63, 3.8) is 0 Å². The van der Waals surface area contributed by atoms with Crippen LogP contribution in [0.2, 0.25) is 0 Å². The van der Waals surface area contributed by atoms with E-state index in [1.165, 1.54) is 10.1 Å². The van der Waals surface area contributed by atoms with Gasteiger partial charge in [0.2, 0.25) is 0 Å². The molecule has 1 aliphatic heterocycles. The minimum absolute atomic E-state index is 0.348. The first-order valence-corrected chi connectivity index (χ1v) is 7.97. The lowest BCUT2D eigenvalue weighted by atomic mass is 10.1. The third kappa shape index (κ3) is 2.59. The Morgan fingerprint density at radius 3 is 2.94 bits per heavy atom. The SMILES string of the molecule is CCn1nc(C#N)cc1[SH]1CCN=C1CC(C)C. The molecule has 98 valence electrons. The summed E-state index contributed by atoms with van der Waals surface area (Å²) in [6, 6.07) is 4.09. The highest BCUT2D eigenvalue weighted by Gasteiger charge is 2.23. The van der Waals surface area contributed by atoms with E-state index in [-0.39, 0.29) is 10.9 Å². The zero-order valence-corrected chi connectivity index (χ0v) is 12.1. The van der Waals surface area contributed by atoms with Crippen LogP contribution in [0.3, 0.4) is 0 Å². The summed E-state index contributed by atoms with van der Waals surface area (Å²) in [5, 5.41) is 15.9. The number of nitriles is 1. The van der Waals surface area contributed by atoms with Crippen molar-refractivity contribution in [2.75, 3.05) is 12.3 Å². The van der Waals surface area contributed by atoms with Gasteiger partial charge < -0.3 is 0 Å². The first kappa shape index (κ1) is 13.2. The van der Waals surface area contributed by atoms with Crippen LogP contribution >= 0.6 is 10.9 Å². The van der Waals surface area contributed by atoms with E-state index in [4.69, 9.17) is 5.26 Å². The number of hydrogen-bond donors (Lipinski definition) is 1. The summed E-state index contributed by atoms with van der Waals surface area (Å²) in [6.45, 7) is 8.29. The molecule has 1 atom stereocenters. The van der Waals surface area contributed by atoms with Crippen LogP contribution in [0.1, 0.15) is 32.9 Å². The summed E-state index contributed by atoms with van der Waals surface area (Å²) >= 11 is 0. The smallest absolute Gasteiger partial charge is 0.163 e. The average Bonchev–Trinajstić information content (AvgIpc) is 2.93. The minimum atomic E-state index is -0.348. The van der Waals surface area contributed by atoms with Gasteiger partial charge in [-0.3, -0.25) is 9.67 Å². The van der Waals surface area contributed by atoms with E-state index in [0.29, 0.717) is 11.6 Å². The summed E-state index contributed by atoms with van der Waals surface area (Å²) < 4.78 is 1.98. The highest BCUT2D eigenvalue weighted by Crippen LogP contribution is 2.43. The standard InChI is InChI=1S/C13H20N4S/c1-4-17-13(8-11(9-14)16-17)18-6-5-15-12(18)7-10(2)3/h8,10,18H,4-7H2,1-3H3. The largest absolute Gasteiger partial charge is 0.283 e. The summed E-state index contributed by atoms with van der Waals surface area (Å²) in [6.07, 6.45) is 1.07. The van der Waals surface area contributed by atoms with Gasteiger partial charge in [-0.25, -0.2) is 0 Å². The molecule has 2 heterocycles. The fraction of sp³-hybridized carbons (Fsp3) is 0.615. The molecule has 4 nitrogen and oxygen atoms in total. The van der Waals surface area contributed by atoms with Crippen molar-refractivity contribution in [1.82, 2.24) is 9.78 Å². The first-order valence-electron chi connectivity index (χ1n) is 6.44. The van der Waals surface area contributed by atoms with Crippen molar-refractivity contribution in [2.45, 2.75) is 38.8 Å². The van der Waals surface area contributed by atoms with Crippen molar-refractivity contribution in [3.05, 3.63) is 11.8 Å². The third-order valence-electron chi connectivity index (χ3n) is 2.97. The van der Waals surface area contributed by atoms with Crippen LogP contribution in [0.15, 0.2) is 16.1 Å². The normalized spacial score (nSPS) is 21.1. The molecule has 5 heteroatoms. The fourth-order valence-electron chi connectivity index (χ4n) is 2.19. The number of nitrogens with zero attached hydrogens (tertiary/aromatic N) is 4. The Labute approximate surface area is 111 Å². The molecule has 0 radical (unpaired) electrons. The number of aliphatic imine (C=N–C) groups is 1. The third-order valence-corrected chi connectivity index (χ3v) is 5.48. The van der Waals surface area contributed by atoms with Gasteiger partial charge in [0.25, 0.3) is 0 Å². The van der Waals surface area contributed by atoms with Crippen molar-refractivity contribution in [3.8, 4) is 6.07 Å². The molecule has 0 saturated carbocycles. The maximum atomic E-state index is 8.98. The van der Waals surface area contributed by atoms with Gasteiger partial charge in [-0.1, -0.05) is 13.8 Å². The molecule has 0 aromatic carbocycles. The quantitative estimate of drug-likeness (QED) is 0.850. The molecule has 1 unspecified atom stereocenters. The lowest BCUT2D eigenvalue weighted by Gasteiger charge is -2.19. The zero-order chi connectivity index (χ0) is 13.1. The van der Waals surface area contributed by atoms with Gasteiger partial charge in [0.1, 0.15) is 6.07 Å². The molecule has 0 N–H and O–H groups in total. The molecule has 18 heavy (non-hydrogen) atoms. The minimum Gasteiger partial charge on any atom is -0.283 e. The number of aromatic nitrogens is 2. The summed E-state index contributed by atoms with van der Waals surface area (Å²) in [7, 11) is -0.348. The van der Waals surface area contributed by atoms with Gasteiger partial charge in [0.05, 0.1) is 10.1 Å². The van der Waals surface area contributed by atoms with Gasteiger partial charge >= 0.3 is 0 Å². The van der Waals surface area contributed by atoms with Gasteiger partial charge in [0, 0.05) is 24.9 Å². The summed E-state index contributed by atoms with van der Waals surface area (Å²) in [5.41, 5.74) is 0.533. The van der Waals surface area contributed by atoms with E-state index in [1.807, 2.05) is 10.7 Å². The van der Waals surface area contributed by atoms with E-state index < -0.39 is 0 Å². The van der Waals surface area contributed by atoms with Crippen molar-refractivity contribution >= 4 is 15.9 Å². The maximum absolute atomic E-state index is 8.98. The van der Waals surface area contributed by atoms with Crippen LogP contribution in [0.5, 0.6) is 0 Å². The van der Waals surface area contributed by atoms with Crippen LogP contribution < -0.4 is 0 Å². The van der Waals surface area contributed by atoms with E-state index in [0.717, 1.165) is 25.3 Å². The van der Waals surface area contributed by atoms with Gasteiger partial charge in [-0.05, 0) is 19.3 Å². The van der Waals surface area contributed by atoms with Crippen molar-refractivity contribution < 1.29 is 0 Å². The second-order valence-corrected chi connectivity index (χ2v) is 7.14. The number of thiol groups is 1. The van der Waals surface area contributed by atoms with Crippen LogP contribution in [0, 0.1) is 17.2 Å². The van der Waals surface area contributed by atoms with Crippen LogP contribution in [-0.4, -0.2) is 27.1 Å². The Balaban J connectivity index is 2.28. The monoisotopic (exact) mass is 264 g/mol. The molecule has 1 aromatic rings. The average molecular weight is 264 g/mol. The first-order chi connectivity index (χ1) is 8.65. The Hall–Kier alpha value is -1.28. The highest BCUT2D eigenvalue weighted by atomic mass is 32.2. The van der Waals surface area contributed by atoms with E-state index in [9.17, 15) is 0 Å². The molecule has 0 amide bonds. The maximum Gasteiger partial charge on any atom is 0.163 e. The molecule has 2 rings (SSSR count). The zero-order valence-electron chi connectivity index (χ0n) is 11.2. The number of rotatable bonds is 4. The predicted octanol–water partition coefficient (Wildman–Crippen LogP) is 2.59. The lowest BCUT2D eigenvalue weighted by Crippen LogP contribution is -2.07. The molecule has 0 saturated heterocycles. The molecule has 1 aliphatic rings. The Morgan fingerprint density at radius 2 is 2.33 bits per heavy atom. The fourth-order valence-corrected chi connectivity index (χ4v) is 4.84. The van der Waals surface area contributed by atoms with Crippen LogP contribution in [-0.2, 0) is 6.54 Å². The summed E-state index contributed by atoms with van der Waals surface area (Å²) in [4.78, 5) is 4.67. The summed E-state index contributed by atoms with van der Waals surface area (Å²) in [5.74, 6) is 1.76. The predicted molar refractivity (Wildman–Crippen MR) is 76.5 cm³/mol. The molecule has 0 fully saturated rings. The Morgan fingerprint density at radius 1 is 1.56 bits per heavy atom. The molecular formula is C13H20N4S. The van der Waals surface area contributed by atoms with Crippen molar-refractivity contribution in [2.24, 2.45) is 10.9 Å². The van der Waals surface area contributed by atoms with Crippen molar-refractivity contribution in [1.29, 1.82) is 5.26 Å². The highest BCUT2D eigenvalue weighted by molar-refractivity contribution is 8.30. The molecule has 0 aliphatic carbocycles. The topological polar surface area (TPSA) is 54.0 Å². The molecular weight excluding hydrogens is 244 g/mol.